The monoisotopic (exact) mass is 214 g/mol. The van der Waals surface area contributed by atoms with Gasteiger partial charge in [0.1, 0.15) is 0 Å². The van der Waals surface area contributed by atoms with Gasteiger partial charge in [-0.1, -0.05) is 18.2 Å². The van der Waals surface area contributed by atoms with E-state index in [2.05, 4.69) is 4.98 Å². The van der Waals surface area contributed by atoms with Gasteiger partial charge in [-0.15, -0.1) is 0 Å². The lowest BCUT2D eigenvalue weighted by Gasteiger charge is -2.07. The zero-order valence-electron chi connectivity index (χ0n) is 9.18. The first-order valence-corrected chi connectivity index (χ1v) is 5.30. The number of ketones is 1. The summed E-state index contributed by atoms with van der Waals surface area (Å²) < 4.78 is 0. The van der Waals surface area contributed by atoms with Crippen LogP contribution >= 0.6 is 0 Å². The molecule has 2 rings (SSSR count). The Labute approximate surface area is 94.3 Å². The fraction of sp³-hybridized carbons (Fsp3) is 0.231. The van der Waals surface area contributed by atoms with E-state index < -0.39 is 0 Å². The average molecular weight is 214 g/mol. The van der Waals surface area contributed by atoms with Gasteiger partial charge < -0.3 is 5.73 Å². The first-order valence-electron chi connectivity index (χ1n) is 5.30. The van der Waals surface area contributed by atoms with Crippen LogP contribution in [0.3, 0.4) is 0 Å². The first-order chi connectivity index (χ1) is 7.68. The number of nitrogens with two attached hydrogens (primary N) is 1. The van der Waals surface area contributed by atoms with E-state index in [0.29, 0.717) is 12.0 Å². The van der Waals surface area contributed by atoms with Crippen molar-refractivity contribution < 1.29 is 4.79 Å². The Morgan fingerprint density at radius 1 is 1.44 bits per heavy atom. The molecule has 1 aromatic carbocycles. The topological polar surface area (TPSA) is 56.0 Å². The van der Waals surface area contributed by atoms with Gasteiger partial charge in [0.15, 0.2) is 5.78 Å². The number of aromatic nitrogens is 1. The van der Waals surface area contributed by atoms with Crippen molar-refractivity contribution in [3.63, 3.8) is 0 Å². The van der Waals surface area contributed by atoms with Crippen LogP contribution < -0.4 is 5.73 Å². The Bertz CT molecular complexity index is 515. The van der Waals surface area contributed by atoms with Crippen molar-refractivity contribution in [2.75, 3.05) is 0 Å². The highest BCUT2D eigenvalue weighted by Gasteiger charge is 2.11. The molecule has 2 N–H and O–H groups in total. The van der Waals surface area contributed by atoms with Crippen LogP contribution in [0.1, 0.15) is 23.7 Å². The number of fused-ring (bicyclic) bond motifs is 1. The fourth-order valence-corrected chi connectivity index (χ4v) is 1.76. The van der Waals surface area contributed by atoms with Gasteiger partial charge in [-0.2, -0.15) is 0 Å². The molecule has 0 bridgehead atoms. The zero-order valence-corrected chi connectivity index (χ0v) is 9.18. The Morgan fingerprint density at radius 2 is 2.25 bits per heavy atom. The summed E-state index contributed by atoms with van der Waals surface area (Å²) >= 11 is 0. The van der Waals surface area contributed by atoms with Crippen LogP contribution in [-0.2, 0) is 0 Å². The smallest absolute Gasteiger partial charge is 0.165 e. The first kappa shape index (κ1) is 10.8. The predicted octanol–water partition coefficient (Wildman–Crippen LogP) is 2.15. The summed E-state index contributed by atoms with van der Waals surface area (Å²) in [6.45, 7) is 1.83. The molecule has 16 heavy (non-hydrogen) atoms. The summed E-state index contributed by atoms with van der Waals surface area (Å²) in [5.74, 6) is 0.0774. The Hall–Kier alpha value is -1.74. The Morgan fingerprint density at radius 3 is 3.00 bits per heavy atom. The molecule has 0 aliphatic heterocycles. The summed E-state index contributed by atoms with van der Waals surface area (Å²) in [5, 5.41) is 1.93. The maximum Gasteiger partial charge on any atom is 0.165 e. The third-order valence-electron chi connectivity index (χ3n) is 2.49. The van der Waals surface area contributed by atoms with Crippen molar-refractivity contribution in [3.05, 3.63) is 42.2 Å². The van der Waals surface area contributed by atoms with Gasteiger partial charge in [0, 0.05) is 35.8 Å². The van der Waals surface area contributed by atoms with Gasteiger partial charge in [-0.25, -0.2) is 0 Å². The van der Waals surface area contributed by atoms with Gasteiger partial charge >= 0.3 is 0 Å². The largest absolute Gasteiger partial charge is 0.328 e. The van der Waals surface area contributed by atoms with Gasteiger partial charge in [-0.3, -0.25) is 9.78 Å². The number of hydrogen-bond donors (Lipinski definition) is 1. The van der Waals surface area contributed by atoms with Crippen LogP contribution in [-0.4, -0.2) is 16.8 Å². The lowest BCUT2D eigenvalue weighted by atomic mass is 10.00. The summed E-state index contributed by atoms with van der Waals surface area (Å²) in [5.41, 5.74) is 6.35. The molecule has 3 heteroatoms. The molecule has 0 amide bonds. The number of benzene rings is 1. The zero-order chi connectivity index (χ0) is 11.5. The van der Waals surface area contributed by atoms with Gasteiger partial charge in [-0.05, 0) is 18.4 Å². The molecular weight excluding hydrogens is 200 g/mol. The van der Waals surface area contributed by atoms with Crippen LogP contribution in [0.2, 0.25) is 0 Å². The number of carbonyl (C=O) groups excluding carboxylic acids is 1. The van der Waals surface area contributed by atoms with Gasteiger partial charge in [0.2, 0.25) is 0 Å². The maximum atomic E-state index is 12.0. The van der Waals surface area contributed by atoms with Crippen molar-refractivity contribution in [2.24, 2.45) is 5.73 Å². The molecule has 3 nitrogen and oxygen atoms in total. The minimum absolute atomic E-state index is 0.0774. The van der Waals surface area contributed by atoms with E-state index in [1.165, 1.54) is 0 Å². The molecule has 1 aromatic heterocycles. The highest BCUT2D eigenvalue weighted by molar-refractivity contribution is 6.07. The number of carbonyl (C=O) groups is 1. The molecule has 2 aromatic rings. The molecular formula is C13H14N2O. The number of hydrogen-bond acceptors (Lipinski definition) is 3. The van der Waals surface area contributed by atoms with Crippen molar-refractivity contribution >= 4 is 16.6 Å². The standard InChI is InChI=1S/C13H14N2O/c1-9(14)7-13(16)11-4-2-3-10-5-6-15-8-12(10)11/h2-6,8-9H,7,14H2,1H3. The number of rotatable bonds is 3. The van der Waals surface area contributed by atoms with Crippen molar-refractivity contribution in [1.29, 1.82) is 0 Å². The maximum absolute atomic E-state index is 12.0. The summed E-state index contributed by atoms with van der Waals surface area (Å²) in [6, 6.07) is 7.47. The normalized spacial score (nSPS) is 12.6. The van der Waals surface area contributed by atoms with Crippen LogP contribution in [0, 0.1) is 0 Å². The van der Waals surface area contributed by atoms with E-state index in [1.54, 1.807) is 12.4 Å². The molecule has 0 fully saturated rings. The Balaban J connectivity index is 2.48. The molecule has 1 heterocycles. The van der Waals surface area contributed by atoms with E-state index in [9.17, 15) is 4.79 Å². The second-order valence-electron chi connectivity index (χ2n) is 4.01. The van der Waals surface area contributed by atoms with Crippen LogP contribution in [0.5, 0.6) is 0 Å². The lowest BCUT2D eigenvalue weighted by molar-refractivity contribution is 0.0978. The molecule has 0 saturated heterocycles. The second-order valence-corrected chi connectivity index (χ2v) is 4.01. The molecule has 82 valence electrons. The van der Waals surface area contributed by atoms with Crippen molar-refractivity contribution in [2.45, 2.75) is 19.4 Å². The SMILES string of the molecule is CC(N)CC(=O)c1cccc2ccncc12. The quantitative estimate of drug-likeness (QED) is 0.796. The van der Waals surface area contributed by atoms with Crippen molar-refractivity contribution in [1.82, 2.24) is 4.98 Å². The Kier molecular flexibility index (Phi) is 2.97. The number of nitrogens with zero attached hydrogens (tertiary/aromatic N) is 1. The van der Waals surface area contributed by atoms with E-state index in [0.717, 1.165) is 10.8 Å². The second kappa shape index (κ2) is 4.41. The molecule has 0 spiro atoms. The lowest BCUT2D eigenvalue weighted by Crippen LogP contribution is -2.19. The van der Waals surface area contributed by atoms with Gasteiger partial charge in [0.05, 0.1) is 0 Å². The molecule has 0 radical (unpaired) electrons. The molecule has 1 atom stereocenters. The average Bonchev–Trinajstić information content (AvgIpc) is 2.27. The third-order valence-corrected chi connectivity index (χ3v) is 2.49. The van der Waals surface area contributed by atoms with Crippen LogP contribution in [0.25, 0.3) is 10.8 Å². The molecule has 0 saturated carbocycles. The highest BCUT2D eigenvalue weighted by atomic mass is 16.1. The fourth-order valence-electron chi connectivity index (χ4n) is 1.76. The molecule has 0 aliphatic carbocycles. The predicted molar refractivity (Wildman–Crippen MR) is 64.3 cm³/mol. The molecule has 0 aliphatic rings. The highest BCUT2D eigenvalue weighted by Crippen LogP contribution is 2.18. The summed E-state index contributed by atoms with van der Waals surface area (Å²) in [6.07, 6.45) is 3.82. The van der Waals surface area contributed by atoms with E-state index in [4.69, 9.17) is 5.73 Å². The minimum atomic E-state index is -0.112. The number of Topliss-reactive ketones (excluding diaryl/α,β-unsaturated/α-hetero) is 1. The van der Waals surface area contributed by atoms with Crippen LogP contribution in [0.15, 0.2) is 36.7 Å². The van der Waals surface area contributed by atoms with E-state index in [1.807, 2.05) is 31.2 Å². The summed E-state index contributed by atoms with van der Waals surface area (Å²) in [4.78, 5) is 16.0. The minimum Gasteiger partial charge on any atom is -0.328 e. The van der Waals surface area contributed by atoms with Gasteiger partial charge in [0.25, 0.3) is 0 Å². The third kappa shape index (κ3) is 2.09. The van der Waals surface area contributed by atoms with Crippen LogP contribution in [0.4, 0.5) is 0 Å². The van der Waals surface area contributed by atoms with E-state index >= 15 is 0 Å². The molecule has 1 unspecified atom stereocenters. The van der Waals surface area contributed by atoms with Crippen molar-refractivity contribution in [3.8, 4) is 0 Å². The number of pyridine rings is 1. The van der Waals surface area contributed by atoms with E-state index in [-0.39, 0.29) is 11.8 Å². The summed E-state index contributed by atoms with van der Waals surface area (Å²) in [7, 11) is 0.